The highest BCUT2D eigenvalue weighted by molar-refractivity contribution is 7.90. The Bertz CT molecular complexity index is 431. The van der Waals surface area contributed by atoms with Crippen molar-refractivity contribution in [1.29, 1.82) is 0 Å². The van der Waals surface area contributed by atoms with Crippen molar-refractivity contribution in [2.24, 2.45) is 5.73 Å². The van der Waals surface area contributed by atoms with Gasteiger partial charge in [-0.2, -0.15) is 0 Å². The van der Waals surface area contributed by atoms with Crippen molar-refractivity contribution in [2.75, 3.05) is 31.6 Å². The van der Waals surface area contributed by atoms with Crippen LogP contribution in [0.5, 0.6) is 0 Å². The third kappa shape index (κ3) is 9.83. The zero-order valence-electron chi connectivity index (χ0n) is 10.5. The van der Waals surface area contributed by atoms with Gasteiger partial charge in [-0.15, -0.1) is 0 Å². The smallest absolute Gasteiger partial charge is 0.323 e. The van der Waals surface area contributed by atoms with Crippen LogP contribution in [0.15, 0.2) is 0 Å². The predicted molar refractivity (Wildman–Crippen MR) is 66.1 cm³/mol. The number of primary amides is 1. The maximum absolute atomic E-state index is 11.5. The van der Waals surface area contributed by atoms with E-state index in [0.717, 1.165) is 11.2 Å². The summed E-state index contributed by atoms with van der Waals surface area (Å²) in [6.07, 6.45) is 1.26. The highest BCUT2D eigenvalue weighted by atomic mass is 32.2. The number of amides is 3. The Labute approximate surface area is 110 Å². The van der Waals surface area contributed by atoms with E-state index in [1.54, 1.807) is 0 Å². The average Bonchev–Trinajstić information content (AvgIpc) is 2.20. The van der Waals surface area contributed by atoms with Gasteiger partial charge in [-0.05, 0) is 6.42 Å². The van der Waals surface area contributed by atoms with E-state index in [4.69, 9.17) is 10.8 Å². The predicted octanol–water partition coefficient (Wildman–Crippen LogP) is -2.00. The fraction of sp³-hybridized carbons (Fsp3) is 0.667. The topological polar surface area (TPSA) is 147 Å². The van der Waals surface area contributed by atoms with E-state index >= 15 is 0 Å². The molecule has 0 bridgehead atoms. The van der Waals surface area contributed by atoms with E-state index in [0.29, 0.717) is 0 Å². The molecule has 4 N–H and O–H groups in total. The Kier molecular flexibility index (Phi) is 6.83. The van der Waals surface area contributed by atoms with Gasteiger partial charge in [0, 0.05) is 12.8 Å². The first kappa shape index (κ1) is 17.2. The number of carboxylic acids is 1. The molecule has 10 heteroatoms. The van der Waals surface area contributed by atoms with Crippen LogP contribution in [0.1, 0.15) is 6.42 Å². The number of nitrogens with zero attached hydrogens (tertiary/aromatic N) is 1. The quantitative estimate of drug-likeness (QED) is 0.441. The minimum Gasteiger partial charge on any atom is -0.480 e. The summed E-state index contributed by atoms with van der Waals surface area (Å²) in [6.45, 7) is -1.13. The molecule has 3 amide bonds. The Morgan fingerprint density at radius 3 is 2.26 bits per heavy atom. The number of carboxylic acid groups (broad SMARTS) is 1. The van der Waals surface area contributed by atoms with Gasteiger partial charge in [0.15, 0.2) is 0 Å². The van der Waals surface area contributed by atoms with E-state index in [9.17, 15) is 22.8 Å². The summed E-state index contributed by atoms with van der Waals surface area (Å²) < 4.78 is 21.7. The summed E-state index contributed by atoms with van der Waals surface area (Å²) in [7, 11) is -3.11. The van der Waals surface area contributed by atoms with Gasteiger partial charge in [-0.25, -0.2) is 13.2 Å². The van der Waals surface area contributed by atoms with Gasteiger partial charge in [-0.1, -0.05) is 0 Å². The van der Waals surface area contributed by atoms with E-state index in [2.05, 4.69) is 5.32 Å². The number of sulfone groups is 1. The summed E-state index contributed by atoms with van der Waals surface area (Å²) in [5.41, 5.74) is 4.89. The molecule has 0 heterocycles. The minimum absolute atomic E-state index is 0.0563. The molecular weight excluding hydrogens is 278 g/mol. The third-order valence-electron chi connectivity index (χ3n) is 1.93. The lowest BCUT2D eigenvalue weighted by molar-refractivity contribution is -0.137. The molecule has 0 aromatic carbocycles. The lowest BCUT2D eigenvalue weighted by atomic mass is 10.4. The molecular formula is C9H17N3O6S. The number of hydrogen-bond acceptors (Lipinski definition) is 5. The van der Waals surface area contributed by atoms with E-state index < -0.39 is 40.8 Å². The first-order chi connectivity index (χ1) is 8.61. The SMILES string of the molecule is CS(=O)(=O)CCCNC(=O)N(CC(N)=O)CC(=O)O. The molecule has 0 unspecified atom stereocenters. The number of aliphatic carboxylic acids is 1. The Hall–Kier alpha value is -1.84. The zero-order chi connectivity index (χ0) is 15.1. The second-order valence-electron chi connectivity index (χ2n) is 3.93. The van der Waals surface area contributed by atoms with Crippen LogP contribution >= 0.6 is 0 Å². The molecule has 0 saturated heterocycles. The number of nitrogens with one attached hydrogen (secondary N) is 1. The summed E-state index contributed by atoms with van der Waals surface area (Å²) in [4.78, 5) is 33.4. The zero-order valence-corrected chi connectivity index (χ0v) is 11.3. The van der Waals surface area contributed by atoms with Gasteiger partial charge in [0.1, 0.15) is 22.9 Å². The molecule has 110 valence electrons. The summed E-state index contributed by atoms with van der Waals surface area (Å²) >= 11 is 0. The van der Waals surface area contributed by atoms with Crippen LogP contribution in [-0.4, -0.2) is 68.0 Å². The van der Waals surface area contributed by atoms with Gasteiger partial charge in [0.2, 0.25) is 5.91 Å². The molecule has 0 saturated carbocycles. The monoisotopic (exact) mass is 295 g/mol. The molecule has 0 rings (SSSR count). The van der Waals surface area contributed by atoms with Crippen molar-refractivity contribution in [3.05, 3.63) is 0 Å². The van der Waals surface area contributed by atoms with Crippen molar-refractivity contribution < 1.29 is 27.9 Å². The fourth-order valence-corrected chi connectivity index (χ4v) is 1.86. The molecule has 0 radical (unpaired) electrons. The van der Waals surface area contributed by atoms with Gasteiger partial charge in [0.05, 0.1) is 5.75 Å². The molecule has 0 atom stereocenters. The number of hydrogen-bond donors (Lipinski definition) is 3. The number of urea groups is 1. The maximum Gasteiger partial charge on any atom is 0.323 e. The van der Waals surface area contributed by atoms with Crippen LogP contribution in [0.25, 0.3) is 0 Å². The molecule has 0 aliphatic heterocycles. The Morgan fingerprint density at radius 1 is 1.26 bits per heavy atom. The molecule has 0 aromatic rings. The highest BCUT2D eigenvalue weighted by Crippen LogP contribution is 1.92. The van der Waals surface area contributed by atoms with Crippen molar-refractivity contribution in [3.8, 4) is 0 Å². The maximum atomic E-state index is 11.5. The molecule has 0 aliphatic rings. The van der Waals surface area contributed by atoms with Crippen LogP contribution in [0.2, 0.25) is 0 Å². The Balaban J connectivity index is 4.24. The normalized spacial score (nSPS) is 10.8. The second-order valence-corrected chi connectivity index (χ2v) is 6.19. The van der Waals surface area contributed by atoms with Crippen molar-refractivity contribution in [2.45, 2.75) is 6.42 Å². The number of nitrogens with two attached hydrogens (primary N) is 1. The lowest BCUT2D eigenvalue weighted by Crippen LogP contribution is -2.47. The first-order valence-corrected chi connectivity index (χ1v) is 7.38. The number of rotatable bonds is 8. The van der Waals surface area contributed by atoms with Crippen LogP contribution in [-0.2, 0) is 19.4 Å². The van der Waals surface area contributed by atoms with Gasteiger partial charge < -0.3 is 21.1 Å². The molecule has 0 spiro atoms. The summed E-state index contributed by atoms with van der Waals surface area (Å²) in [5, 5.41) is 10.9. The number of carbonyl (C=O) groups excluding carboxylic acids is 2. The largest absolute Gasteiger partial charge is 0.480 e. The lowest BCUT2D eigenvalue weighted by Gasteiger charge is -2.19. The highest BCUT2D eigenvalue weighted by Gasteiger charge is 2.18. The first-order valence-electron chi connectivity index (χ1n) is 5.32. The minimum atomic E-state index is -3.11. The fourth-order valence-electron chi connectivity index (χ4n) is 1.19. The van der Waals surface area contributed by atoms with Gasteiger partial charge in [0.25, 0.3) is 0 Å². The number of carbonyl (C=O) groups is 3. The molecule has 0 aliphatic carbocycles. The second kappa shape index (κ2) is 7.56. The molecule has 19 heavy (non-hydrogen) atoms. The molecule has 0 fully saturated rings. The van der Waals surface area contributed by atoms with Crippen molar-refractivity contribution in [3.63, 3.8) is 0 Å². The summed E-state index contributed by atoms with van der Waals surface area (Å²) in [5.74, 6) is -2.22. The van der Waals surface area contributed by atoms with Crippen LogP contribution in [0, 0.1) is 0 Å². The molecule has 0 aromatic heterocycles. The van der Waals surface area contributed by atoms with Crippen LogP contribution < -0.4 is 11.1 Å². The van der Waals surface area contributed by atoms with E-state index in [-0.39, 0.29) is 18.7 Å². The van der Waals surface area contributed by atoms with E-state index in [1.807, 2.05) is 0 Å². The van der Waals surface area contributed by atoms with Gasteiger partial charge >= 0.3 is 12.0 Å². The van der Waals surface area contributed by atoms with Crippen molar-refractivity contribution in [1.82, 2.24) is 10.2 Å². The van der Waals surface area contributed by atoms with Crippen molar-refractivity contribution >= 4 is 27.7 Å². The molecule has 9 nitrogen and oxygen atoms in total. The van der Waals surface area contributed by atoms with Crippen LogP contribution in [0.3, 0.4) is 0 Å². The standard InChI is InChI=1S/C9H17N3O6S/c1-19(17,18)4-2-3-11-9(16)12(5-7(10)13)6-8(14)15/h2-6H2,1H3,(H2,10,13)(H,11,16)(H,14,15). The van der Waals surface area contributed by atoms with E-state index in [1.165, 1.54) is 0 Å². The summed E-state index contributed by atoms with van der Waals surface area (Å²) in [6, 6.07) is -0.783. The Morgan fingerprint density at radius 2 is 1.84 bits per heavy atom. The average molecular weight is 295 g/mol. The third-order valence-corrected chi connectivity index (χ3v) is 2.96. The van der Waals surface area contributed by atoms with Gasteiger partial charge in [-0.3, -0.25) is 9.59 Å². The van der Waals surface area contributed by atoms with Crippen LogP contribution in [0.4, 0.5) is 4.79 Å².